The number of benzene rings is 2. The lowest BCUT2D eigenvalue weighted by molar-refractivity contribution is -0.126. The van der Waals surface area contributed by atoms with Gasteiger partial charge in [0, 0.05) is 23.2 Å². The molecule has 2 N–H and O–H groups in total. The zero-order valence-corrected chi connectivity index (χ0v) is 17.2. The van der Waals surface area contributed by atoms with Crippen molar-refractivity contribution in [3.05, 3.63) is 64.7 Å². The van der Waals surface area contributed by atoms with Crippen LogP contribution in [0.25, 0.3) is 0 Å². The van der Waals surface area contributed by atoms with Crippen LogP contribution in [0.2, 0.25) is 5.02 Å². The normalized spacial score (nSPS) is 15.4. The molecule has 0 bridgehead atoms. The molecule has 0 aliphatic heterocycles. The number of amides is 2. The quantitative estimate of drug-likeness (QED) is 0.714. The predicted octanol–water partition coefficient (Wildman–Crippen LogP) is 5.06. The Morgan fingerprint density at radius 3 is 2.18 bits per heavy atom. The van der Waals surface area contributed by atoms with Crippen LogP contribution in [-0.4, -0.2) is 11.8 Å². The molecule has 2 aromatic rings. The minimum atomic E-state index is -0.463. The third kappa shape index (κ3) is 4.56. The van der Waals surface area contributed by atoms with Crippen LogP contribution >= 0.6 is 11.6 Å². The fraction of sp³-hybridized carbons (Fsp3) is 0.391. The van der Waals surface area contributed by atoms with Crippen molar-refractivity contribution in [2.45, 2.75) is 51.5 Å². The summed E-state index contributed by atoms with van der Waals surface area (Å²) in [7, 11) is 0. The van der Waals surface area contributed by atoms with E-state index < -0.39 is 5.41 Å². The van der Waals surface area contributed by atoms with Gasteiger partial charge in [-0.15, -0.1) is 0 Å². The van der Waals surface area contributed by atoms with Crippen molar-refractivity contribution in [1.82, 2.24) is 5.32 Å². The Balaban J connectivity index is 1.65. The Bertz CT molecular complexity index is 823. The number of nitrogens with one attached hydrogen (secondary N) is 2. The first-order valence-corrected chi connectivity index (χ1v) is 10.2. The molecule has 0 radical (unpaired) electrons. The average molecular weight is 399 g/mol. The molecule has 1 saturated carbocycles. The third-order valence-electron chi connectivity index (χ3n) is 5.49. The maximum atomic E-state index is 13.1. The van der Waals surface area contributed by atoms with Crippen LogP contribution in [0, 0.1) is 5.92 Å². The summed E-state index contributed by atoms with van der Waals surface area (Å²) in [6.45, 7) is 4.18. The van der Waals surface area contributed by atoms with E-state index in [-0.39, 0.29) is 17.7 Å². The lowest BCUT2D eigenvalue weighted by atomic mass is 9.78. The van der Waals surface area contributed by atoms with Gasteiger partial charge in [-0.25, -0.2) is 0 Å². The third-order valence-corrected chi connectivity index (χ3v) is 5.74. The molecule has 5 heteroatoms. The van der Waals surface area contributed by atoms with E-state index in [0.717, 1.165) is 42.5 Å². The lowest BCUT2D eigenvalue weighted by Gasteiger charge is -2.28. The second-order valence-electron chi connectivity index (χ2n) is 7.82. The van der Waals surface area contributed by atoms with Crippen molar-refractivity contribution in [1.29, 1.82) is 0 Å². The predicted molar refractivity (Wildman–Crippen MR) is 113 cm³/mol. The molecule has 3 rings (SSSR count). The van der Waals surface area contributed by atoms with Gasteiger partial charge in [0.15, 0.2) is 0 Å². The van der Waals surface area contributed by atoms with Crippen LogP contribution in [0.15, 0.2) is 48.5 Å². The Morgan fingerprint density at radius 2 is 1.61 bits per heavy atom. The zero-order chi connectivity index (χ0) is 20.1. The van der Waals surface area contributed by atoms with Gasteiger partial charge < -0.3 is 10.6 Å². The van der Waals surface area contributed by atoms with Crippen molar-refractivity contribution >= 4 is 29.1 Å². The average Bonchev–Trinajstić information content (AvgIpc) is 3.19. The minimum Gasteiger partial charge on any atom is -0.351 e. The SMILES string of the molecule is CC(C)C(=O)Nc1ccc(CNC(=O)C2(c3ccc(Cl)cc3)CCCC2)cc1. The summed E-state index contributed by atoms with van der Waals surface area (Å²) < 4.78 is 0. The van der Waals surface area contributed by atoms with Crippen LogP contribution < -0.4 is 10.6 Å². The van der Waals surface area contributed by atoms with E-state index in [4.69, 9.17) is 11.6 Å². The van der Waals surface area contributed by atoms with E-state index >= 15 is 0 Å². The van der Waals surface area contributed by atoms with Gasteiger partial charge in [0.05, 0.1) is 5.41 Å². The second kappa shape index (κ2) is 8.78. The summed E-state index contributed by atoms with van der Waals surface area (Å²) in [5, 5.41) is 6.67. The topological polar surface area (TPSA) is 58.2 Å². The van der Waals surface area contributed by atoms with Gasteiger partial charge in [0.1, 0.15) is 0 Å². The fourth-order valence-electron chi connectivity index (χ4n) is 3.74. The molecule has 1 aliphatic carbocycles. The number of hydrogen-bond donors (Lipinski definition) is 2. The van der Waals surface area contributed by atoms with E-state index in [1.54, 1.807) is 0 Å². The van der Waals surface area contributed by atoms with Crippen molar-refractivity contribution in [2.75, 3.05) is 5.32 Å². The summed E-state index contributed by atoms with van der Waals surface area (Å²) in [4.78, 5) is 24.9. The van der Waals surface area contributed by atoms with Gasteiger partial charge in [-0.05, 0) is 48.2 Å². The highest BCUT2D eigenvalue weighted by atomic mass is 35.5. The molecule has 0 aromatic heterocycles. The highest BCUT2D eigenvalue weighted by Crippen LogP contribution is 2.41. The molecule has 0 atom stereocenters. The van der Waals surface area contributed by atoms with Crippen molar-refractivity contribution in [3.63, 3.8) is 0 Å². The smallest absolute Gasteiger partial charge is 0.230 e. The monoisotopic (exact) mass is 398 g/mol. The molecular formula is C23H27ClN2O2. The van der Waals surface area contributed by atoms with Gasteiger partial charge in [0.2, 0.25) is 11.8 Å². The number of carbonyl (C=O) groups is 2. The number of halogens is 1. The Hall–Kier alpha value is -2.33. The molecule has 0 unspecified atom stereocenters. The highest BCUT2D eigenvalue weighted by Gasteiger charge is 2.42. The van der Waals surface area contributed by atoms with Crippen LogP contribution in [0.3, 0.4) is 0 Å². The molecule has 2 aromatic carbocycles. The van der Waals surface area contributed by atoms with E-state index in [0.29, 0.717) is 11.6 Å². The second-order valence-corrected chi connectivity index (χ2v) is 8.26. The highest BCUT2D eigenvalue weighted by molar-refractivity contribution is 6.30. The molecule has 1 fully saturated rings. The summed E-state index contributed by atoms with van der Waals surface area (Å²) in [6.07, 6.45) is 3.84. The van der Waals surface area contributed by atoms with E-state index in [2.05, 4.69) is 10.6 Å². The molecular weight excluding hydrogens is 372 g/mol. The zero-order valence-electron chi connectivity index (χ0n) is 16.4. The lowest BCUT2D eigenvalue weighted by Crippen LogP contribution is -2.42. The van der Waals surface area contributed by atoms with Crippen molar-refractivity contribution in [3.8, 4) is 0 Å². The Labute approximate surface area is 171 Å². The Morgan fingerprint density at radius 1 is 1.00 bits per heavy atom. The number of hydrogen-bond acceptors (Lipinski definition) is 2. The van der Waals surface area contributed by atoms with Crippen LogP contribution in [0.1, 0.15) is 50.7 Å². The van der Waals surface area contributed by atoms with Crippen LogP contribution in [-0.2, 0) is 21.5 Å². The molecule has 0 heterocycles. The summed E-state index contributed by atoms with van der Waals surface area (Å²) in [6, 6.07) is 15.2. The molecule has 148 valence electrons. The molecule has 2 amide bonds. The summed E-state index contributed by atoms with van der Waals surface area (Å²) in [5.41, 5.74) is 2.34. The molecule has 0 spiro atoms. The van der Waals surface area contributed by atoms with Gasteiger partial charge >= 0.3 is 0 Å². The van der Waals surface area contributed by atoms with E-state index in [9.17, 15) is 9.59 Å². The number of rotatable bonds is 6. The molecule has 4 nitrogen and oxygen atoms in total. The van der Waals surface area contributed by atoms with Gasteiger partial charge in [-0.3, -0.25) is 9.59 Å². The minimum absolute atomic E-state index is 0.00723. The molecule has 28 heavy (non-hydrogen) atoms. The van der Waals surface area contributed by atoms with Crippen molar-refractivity contribution in [2.24, 2.45) is 5.92 Å². The largest absolute Gasteiger partial charge is 0.351 e. The summed E-state index contributed by atoms with van der Waals surface area (Å²) in [5.74, 6) is 0.00568. The summed E-state index contributed by atoms with van der Waals surface area (Å²) >= 11 is 6.02. The standard InChI is InChI=1S/C23H27ClN2O2/c1-16(2)21(27)26-20-11-5-17(6-12-20)15-25-22(28)23(13-3-4-14-23)18-7-9-19(24)10-8-18/h5-12,16H,3-4,13-15H2,1-2H3,(H,25,28)(H,26,27). The fourth-order valence-corrected chi connectivity index (χ4v) is 3.86. The van der Waals surface area contributed by atoms with Gasteiger partial charge in [-0.1, -0.05) is 62.6 Å². The number of anilines is 1. The van der Waals surface area contributed by atoms with Crippen molar-refractivity contribution < 1.29 is 9.59 Å². The Kier molecular flexibility index (Phi) is 6.40. The van der Waals surface area contributed by atoms with E-state index in [1.165, 1.54) is 0 Å². The van der Waals surface area contributed by atoms with E-state index in [1.807, 2.05) is 62.4 Å². The van der Waals surface area contributed by atoms with Crippen LogP contribution in [0.4, 0.5) is 5.69 Å². The van der Waals surface area contributed by atoms with Gasteiger partial charge in [-0.2, -0.15) is 0 Å². The first kappa shape index (κ1) is 20.4. The maximum absolute atomic E-state index is 13.1. The first-order valence-electron chi connectivity index (χ1n) is 9.85. The first-order chi connectivity index (χ1) is 13.4. The van der Waals surface area contributed by atoms with Gasteiger partial charge in [0.25, 0.3) is 0 Å². The van der Waals surface area contributed by atoms with Crippen LogP contribution in [0.5, 0.6) is 0 Å². The number of carbonyl (C=O) groups excluding carboxylic acids is 2. The maximum Gasteiger partial charge on any atom is 0.230 e. The molecule has 0 saturated heterocycles. The molecule has 1 aliphatic rings.